The van der Waals surface area contributed by atoms with Crippen LogP contribution >= 0.6 is 23.5 Å². The van der Waals surface area contributed by atoms with E-state index < -0.39 is 0 Å². The van der Waals surface area contributed by atoms with Gasteiger partial charge in [-0.2, -0.15) is 0 Å². The molecule has 0 unspecified atom stereocenters. The van der Waals surface area contributed by atoms with Gasteiger partial charge in [-0.3, -0.25) is 4.79 Å². The van der Waals surface area contributed by atoms with E-state index in [1.54, 1.807) is 23.5 Å². The molecule has 0 aromatic heterocycles. The summed E-state index contributed by atoms with van der Waals surface area (Å²) in [5.41, 5.74) is 0.791. The van der Waals surface area contributed by atoms with Crippen molar-refractivity contribution in [3.8, 4) is 0 Å². The van der Waals surface area contributed by atoms with Crippen LogP contribution in [0.5, 0.6) is 0 Å². The molecule has 3 aromatic carbocycles. The molecule has 4 bridgehead atoms. The van der Waals surface area contributed by atoms with Crippen LogP contribution in [0.2, 0.25) is 0 Å². The first-order valence-corrected chi connectivity index (χ1v) is 13.7. The van der Waals surface area contributed by atoms with E-state index in [0.717, 1.165) is 52.5 Å². The first-order valence-electron chi connectivity index (χ1n) is 12.1. The van der Waals surface area contributed by atoms with Crippen LogP contribution < -0.4 is 5.32 Å². The summed E-state index contributed by atoms with van der Waals surface area (Å²) in [6.07, 6.45) is 7.34. The Labute approximate surface area is 205 Å². The van der Waals surface area contributed by atoms with Gasteiger partial charge in [0.15, 0.2) is 0 Å². The maximum absolute atomic E-state index is 13.7. The van der Waals surface area contributed by atoms with E-state index >= 15 is 0 Å². The summed E-state index contributed by atoms with van der Waals surface area (Å²) >= 11 is 3.50. The molecule has 3 aromatic rings. The van der Waals surface area contributed by atoms with E-state index in [2.05, 4.69) is 72.0 Å². The van der Waals surface area contributed by atoms with E-state index in [4.69, 9.17) is 0 Å². The topological polar surface area (TPSA) is 29.1 Å². The van der Waals surface area contributed by atoms with Crippen molar-refractivity contribution >= 4 is 35.1 Å². The standard InChI is InChI=1S/C29H29NOS2/c31-28(29-17-20-11-21(18-29)13-22(12-20)19-29)30-23-14-26(32-24-7-3-1-4-8-24)16-27(15-23)33-25-9-5-2-6-10-25/h1-10,14-16,20-22H,11-13,17-19H2,(H,30,31). The Morgan fingerprint density at radius 1 is 0.667 bits per heavy atom. The molecule has 0 heterocycles. The van der Waals surface area contributed by atoms with Gasteiger partial charge in [-0.25, -0.2) is 0 Å². The Morgan fingerprint density at radius 3 is 1.58 bits per heavy atom. The molecule has 1 amide bonds. The Hall–Kier alpha value is -2.17. The van der Waals surface area contributed by atoms with Gasteiger partial charge >= 0.3 is 0 Å². The zero-order chi connectivity index (χ0) is 22.3. The number of nitrogens with one attached hydrogen (secondary N) is 1. The zero-order valence-corrected chi connectivity index (χ0v) is 20.3. The molecule has 4 fully saturated rings. The highest BCUT2D eigenvalue weighted by molar-refractivity contribution is 8.00. The average molecular weight is 472 g/mol. The fourth-order valence-corrected chi connectivity index (χ4v) is 8.61. The molecule has 0 atom stereocenters. The molecular weight excluding hydrogens is 442 g/mol. The second-order valence-electron chi connectivity index (χ2n) is 10.2. The van der Waals surface area contributed by atoms with Gasteiger partial charge in [-0.15, -0.1) is 0 Å². The highest BCUT2D eigenvalue weighted by Gasteiger charge is 2.54. The van der Waals surface area contributed by atoms with Crippen molar-refractivity contribution in [2.75, 3.05) is 5.32 Å². The molecular formula is C29H29NOS2. The Kier molecular flexibility index (Phi) is 5.75. The fraction of sp³-hybridized carbons (Fsp3) is 0.345. The summed E-state index contributed by atoms with van der Waals surface area (Å²) in [6.45, 7) is 0. The minimum atomic E-state index is -0.135. The molecule has 2 nitrogen and oxygen atoms in total. The number of carbonyl (C=O) groups excluding carboxylic acids is 1. The van der Waals surface area contributed by atoms with Crippen molar-refractivity contribution in [3.63, 3.8) is 0 Å². The number of hydrogen-bond acceptors (Lipinski definition) is 3. The summed E-state index contributed by atoms with van der Waals surface area (Å²) in [5, 5.41) is 3.39. The number of amides is 1. The number of benzene rings is 3. The van der Waals surface area contributed by atoms with Crippen LogP contribution in [0, 0.1) is 23.2 Å². The number of rotatable bonds is 6. The van der Waals surface area contributed by atoms with Crippen LogP contribution in [0.25, 0.3) is 0 Å². The molecule has 4 aliphatic rings. The Balaban J connectivity index is 1.28. The van der Waals surface area contributed by atoms with Crippen molar-refractivity contribution in [1.29, 1.82) is 0 Å². The summed E-state index contributed by atoms with van der Waals surface area (Å²) in [4.78, 5) is 18.4. The maximum atomic E-state index is 13.7. The van der Waals surface area contributed by atoms with Gasteiger partial charge in [-0.1, -0.05) is 59.9 Å². The number of anilines is 1. The van der Waals surface area contributed by atoms with Crippen molar-refractivity contribution in [2.24, 2.45) is 23.2 Å². The second-order valence-corrected chi connectivity index (χ2v) is 12.5. The van der Waals surface area contributed by atoms with E-state index in [9.17, 15) is 4.79 Å². The van der Waals surface area contributed by atoms with E-state index in [0.29, 0.717) is 0 Å². The molecule has 0 spiro atoms. The molecule has 0 saturated heterocycles. The van der Waals surface area contributed by atoms with Crippen molar-refractivity contribution in [2.45, 2.75) is 58.1 Å². The number of carbonyl (C=O) groups is 1. The monoisotopic (exact) mass is 471 g/mol. The zero-order valence-electron chi connectivity index (χ0n) is 18.7. The Bertz CT molecular complexity index is 1050. The van der Waals surface area contributed by atoms with E-state index in [1.807, 2.05) is 12.1 Å². The van der Waals surface area contributed by atoms with Crippen LogP contribution in [-0.2, 0) is 4.79 Å². The van der Waals surface area contributed by atoms with E-state index in [1.165, 1.54) is 29.1 Å². The Morgan fingerprint density at radius 2 is 1.12 bits per heavy atom. The summed E-state index contributed by atoms with van der Waals surface area (Å²) in [7, 11) is 0. The van der Waals surface area contributed by atoms with Crippen LogP contribution in [0.4, 0.5) is 5.69 Å². The molecule has 0 aliphatic heterocycles. The normalized spacial score (nSPS) is 27.5. The lowest BCUT2D eigenvalue weighted by Crippen LogP contribution is -2.51. The maximum Gasteiger partial charge on any atom is 0.230 e. The third-order valence-corrected chi connectivity index (χ3v) is 9.57. The molecule has 4 heteroatoms. The van der Waals surface area contributed by atoms with Crippen molar-refractivity contribution in [3.05, 3.63) is 78.9 Å². The molecule has 7 rings (SSSR count). The van der Waals surface area contributed by atoms with Gasteiger partial charge in [-0.05, 0) is 98.7 Å². The van der Waals surface area contributed by atoms with Gasteiger partial charge in [0.25, 0.3) is 0 Å². The summed E-state index contributed by atoms with van der Waals surface area (Å²) in [5.74, 6) is 2.57. The van der Waals surface area contributed by atoms with Gasteiger partial charge < -0.3 is 5.32 Å². The minimum Gasteiger partial charge on any atom is -0.326 e. The number of hydrogen-bond donors (Lipinski definition) is 1. The van der Waals surface area contributed by atoms with Crippen molar-refractivity contribution in [1.82, 2.24) is 0 Å². The highest BCUT2D eigenvalue weighted by Crippen LogP contribution is 2.60. The third-order valence-electron chi connectivity index (χ3n) is 7.62. The smallest absolute Gasteiger partial charge is 0.230 e. The summed E-state index contributed by atoms with van der Waals surface area (Å²) < 4.78 is 0. The molecule has 4 aliphatic carbocycles. The average Bonchev–Trinajstić information content (AvgIpc) is 2.79. The highest BCUT2D eigenvalue weighted by atomic mass is 32.2. The molecule has 168 valence electrons. The summed E-state index contributed by atoms with van der Waals surface area (Å²) in [6, 6.07) is 27.4. The van der Waals surface area contributed by atoms with Crippen LogP contribution in [-0.4, -0.2) is 5.91 Å². The molecule has 33 heavy (non-hydrogen) atoms. The lowest BCUT2D eigenvalue weighted by molar-refractivity contribution is -0.140. The minimum absolute atomic E-state index is 0.135. The first kappa shape index (κ1) is 21.4. The van der Waals surface area contributed by atoms with Crippen LogP contribution in [0.1, 0.15) is 38.5 Å². The SMILES string of the molecule is O=C(Nc1cc(Sc2ccccc2)cc(Sc2ccccc2)c1)C12CC3CC(CC(C3)C1)C2. The van der Waals surface area contributed by atoms with Crippen LogP contribution in [0.3, 0.4) is 0 Å². The lowest BCUT2D eigenvalue weighted by Gasteiger charge is -2.55. The van der Waals surface area contributed by atoms with Gasteiger partial charge in [0.05, 0.1) is 5.41 Å². The second kappa shape index (κ2) is 8.88. The molecule has 4 saturated carbocycles. The molecule has 0 radical (unpaired) electrons. The van der Waals surface area contributed by atoms with E-state index in [-0.39, 0.29) is 11.3 Å². The molecule has 1 N–H and O–H groups in total. The lowest BCUT2D eigenvalue weighted by atomic mass is 9.49. The fourth-order valence-electron chi connectivity index (χ4n) is 6.66. The van der Waals surface area contributed by atoms with Gasteiger partial charge in [0.2, 0.25) is 5.91 Å². The predicted molar refractivity (Wildman–Crippen MR) is 137 cm³/mol. The van der Waals surface area contributed by atoms with Crippen molar-refractivity contribution < 1.29 is 4.79 Å². The first-order chi connectivity index (χ1) is 16.1. The van der Waals surface area contributed by atoms with Crippen LogP contribution in [0.15, 0.2) is 98.4 Å². The quantitative estimate of drug-likeness (QED) is 0.393. The third kappa shape index (κ3) is 4.61. The largest absolute Gasteiger partial charge is 0.326 e. The van der Waals surface area contributed by atoms with Gasteiger partial charge in [0, 0.05) is 25.3 Å². The predicted octanol–water partition coefficient (Wildman–Crippen LogP) is 8.14. The van der Waals surface area contributed by atoms with Gasteiger partial charge in [0.1, 0.15) is 0 Å².